The van der Waals surface area contributed by atoms with Gasteiger partial charge in [0.2, 0.25) is 6.79 Å². The van der Waals surface area contributed by atoms with E-state index in [9.17, 15) is 0 Å². The number of rotatable bonds is 7. The molecule has 0 saturated carbocycles. The number of nitrogens with one attached hydrogen (secondary N) is 2. The maximum Gasteiger partial charge on any atom is 0.231 e. The molecule has 0 aromatic heterocycles. The third-order valence-corrected chi connectivity index (χ3v) is 6.12. The average molecular weight is 426 g/mol. The number of ether oxygens (including phenoxy) is 4. The summed E-state index contributed by atoms with van der Waals surface area (Å²) < 4.78 is 22.0. The van der Waals surface area contributed by atoms with Crippen molar-refractivity contribution in [1.29, 1.82) is 0 Å². The summed E-state index contributed by atoms with van der Waals surface area (Å²) in [6.45, 7) is 3.36. The van der Waals surface area contributed by atoms with Crippen molar-refractivity contribution in [2.45, 2.75) is 24.7 Å². The van der Waals surface area contributed by atoms with Gasteiger partial charge < -0.3 is 29.6 Å². The Labute approximate surface area is 183 Å². The van der Waals surface area contributed by atoms with Crippen molar-refractivity contribution in [3.63, 3.8) is 0 Å². The van der Waals surface area contributed by atoms with Crippen LogP contribution < -0.4 is 24.8 Å². The van der Waals surface area contributed by atoms with Crippen molar-refractivity contribution in [2.75, 3.05) is 47.3 Å². The molecule has 4 rings (SSSR count). The van der Waals surface area contributed by atoms with Crippen molar-refractivity contribution >= 4 is 5.96 Å². The fraction of sp³-hybridized carbons (Fsp3) is 0.458. The van der Waals surface area contributed by atoms with Crippen LogP contribution in [0.4, 0.5) is 0 Å². The van der Waals surface area contributed by atoms with Gasteiger partial charge in [-0.15, -0.1) is 0 Å². The molecule has 0 unspecified atom stereocenters. The van der Waals surface area contributed by atoms with Gasteiger partial charge >= 0.3 is 0 Å². The molecule has 166 valence electrons. The van der Waals surface area contributed by atoms with Crippen LogP contribution in [0.2, 0.25) is 0 Å². The summed E-state index contributed by atoms with van der Waals surface area (Å²) in [7, 11) is 3.49. The van der Waals surface area contributed by atoms with E-state index in [0.29, 0.717) is 0 Å². The fourth-order valence-electron chi connectivity index (χ4n) is 4.15. The molecular weight excluding hydrogens is 394 g/mol. The number of fused-ring (bicyclic) bond motifs is 1. The molecule has 2 aromatic carbocycles. The monoisotopic (exact) mass is 425 g/mol. The first-order valence-corrected chi connectivity index (χ1v) is 10.8. The molecule has 0 aliphatic carbocycles. The molecule has 0 atom stereocenters. The third kappa shape index (κ3) is 5.05. The van der Waals surface area contributed by atoms with E-state index in [0.717, 1.165) is 68.8 Å². The van der Waals surface area contributed by atoms with Gasteiger partial charge in [0.05, 0.1) is 7.11 Å². The van der Waals surface area contributed by atoms with E-state index < -0.39 is 0 Å². The highest BCUT2D eigenvalue weighted by Crippen LogP contribution is 2.40. The lowest BCUT2D eigenvalue weighted by molar-refractivity contribution is 0.0513. The zero-order chi connectivity index (χ0) is 21.5. The van der Waals surface area contributed by atoms with Gasteiger partial charge in [0.15, 0.2) is 17.5 Å². The zero-order valence-corrected chi connectivity index (χ0v) is 18.3. The Morgan fingerprint density at radius 1 is 1.03 bits per heavy atom. The second kappa shape index (κ2) is 9.92. The molecule has 0 bridgehead atoms. The minimum atomic E-state index is -0.0349. The van der Waals surface area contributed by atoms with Gasteiger partial charge in [0.25, 0.3) is 0 Å². The number of guanidine groups is 1. The average Bonchev–Trinajstić information content (AvgIpc) is 3.30. The molecule has 7 nitrogen and oxygen atoms in total. The number of aliphatic imine (C=N–C) groups is 1. The van der Waals surface area contributed by atoms with Crippen LogP contribution in [0, 0.1) is 0 Å². The van der Waals surface area contributed by atoms with Crippen LogP contribution >= 0.6 is 0 Å². The number of benzene rings is 2. The summed E-state index contributed by atoms with van der Waals surface area (Å²) in [5, 5.41) is 6.97. The van der Waals surface area contributed by atoms with Gasteiger partial charge in [-0.25, -0.2) is 0 Å². The Balaban J connectivity index is 1.36. The van der Waals surface area contributed by atoms with E-state index in [1.807, 2.05) is 18.2 Å². The van der Waals surface area contributed by atoms with E-state index >= 15 is 0 Å². The molecule has 2 aromatic rings. The first kappa shape index (κ1) is 21.3. The topological polar surface area (TPSA) is 73.3 Å². The van der Waals surface area contributed by atoms with Gasteiger partial charge in [-0.3, -0.25) is 4.99 Å². The number of nitrogens with zero attached hydrogens (tertiary/aromatic N) is 1. The largest absolute Gasteiger partial charge is 0.497 e. The van der Waals surface area contributed by atoms with Crippen LogP contribution in [0.1, 0.15) is 24.0 Å². The van der Waals surface area contributed by atoms with Gasteiger partial charge in [0.1, 0.15) is 5.75 Å². The summed E-state index contributed by atoms with van der Waals surface area (Å²) in [6.07, 6.45) is 2.80. The molecule has 2 N–H and O–H groups in total. The Morgan fingerprint density at radius 3 is 2.55 bits per heavy atom. The predicted octanol–water partition coefficient (Wildman–Crippen LogP) is 2.88. The quantitative estimate of drug-likeness (QED) is 0.525. The highest BCUT2D eigenvalue weighted by Gasteiger charge is 2.35. The second-order valence-electron chi connectivity index (χ2n) is 7.91. The number of hydrogen-bond acceptors (Lipinski definition) is 5. The molecule has 2 heterocycles. The lowest BCUT2D eigenvalue weighted by Gasteiger charge is -2.38. The van der Waals surface area contributed by atoms with Crippen molar-refractivity contribution in [3.8, 4) is 17.2 Å². The molecule has 1 saturated heterocycles. The molecule has 31 heavy (non-hydrogen) atoms. The van der Waals surface area contributed by atoms with Crippen molar-refractivity contribution in [2.24, 2.45) is 4.99 Å². The van der Waals surface area contributed by atoms with Crippen LogP contribution in [0.15, 0.2) is 47.5 Å². The third-order valence-electron chi connectivity index (χ3n) is 6.12. The zero-order valence-electron chi connectivity index (χ0n) is 18.3. The molecular formula is C24H31N3O4. The molecule has 2 aliphatic rings. The minimum absolute atomic E-state index is 0.0349. The normalized spacial score (nSPS) is 17.3. The Morgan fingerprint density at radius 2 is 1.81 bits per heavy atom. The van der Waals surface area contributed by atoms with E-state index in [1.54, 1.807) is 14.2 Å². The van der Waals surface area contributed by atoms with E-state index in [1.165, 1.54) is 11.1 Å². The van der Waals surface area contributed by atoms with Gasteiger partial charge in [-0.05, 0) is 54.7 Å². The maximum atomic E-state index is 5.66. The Kier molecular flexibility index (Phi) is 6.82. The predicted molar refractivity (Wildman–Crippen MR) is 120 cm³/mol. The smallest absolute Gasteiger partial charge is 0.231 e. The summed E-state index contributed by atoms with van der Waals surface area (Å²) >= 11 is 0. The molecule has 2 aliphatic heterocycles. The van der Waals surface area contributed by atoms with Crippen LogP contribution in [-0.2, 0) is 16.6 Å². The molecule has 0 radical (unpaired) electrons. The summed E-state index contributed by atoms with van der Waals surface area (Å²) in [4.78, 5) is 4.41. The maximum absolute atomic E-state index is 5.66. The van der Waals surface area contributed by atoms with Crippen molar-refractivity contribution in [1.82, 2.24) is 10.6 Å². The molecule has 1 fully saturated rings. The van der Waals surface area contributed by atoms with Crippen LogP contribution in [0.3, 0.4) is 0 Å². The summed E-state index contributed by atoms with van der Waals surface area (Å²) in [5.74, 6) is 3.32. The first-order chi connectivity index (χ1) is 15.2. The Hall–Kier alpha value is -2.93. The molecule has 0 spiro atoms. The van der Waals surface area contributed by atoms with Crippen LogP contribution in [0.25, 0.3) is 0 Å². The summed E-state index contributed by atoms with van der Waals surface area (Å²) in [6, 6.07) is 14.4. The lowest BCUT2D eigenvalue weighted by Crippen LogP contribution is -2.48. The van der Waals surface area contributed by atoms with Crippen LogP contribution in [0.5, 0.6) is 17.2 Å². The number of hydrogen-bond donors (Lipinski definition) is 2. The summed E-state index contributed by atoms with van der Waals surface area (Å²) in [5.41, 5.74) is 2.47. The fourth-order valence-corrected chi connectivity index (χ4v) is 4.15. The van der Waals surface area contributed by atoms with Gasteiger partial charge in [-0.2, -0.15) is 0 Å². The Bertz CT molecular complexity index is 892. The van der Waals surface area contributed by atoms with Gasteiger partial charge in [0, 0.05) is 38.8 Å². The molecule has 0 amide bonds. The minimum Gasteiger partial charge on any atom is -0.497 e. The number of methoxy groups -OCH3 is 1. The van der Waals surface area contributed by atoms with E-state index in [2.05, 4.69) is 39.9 Å². The molecule has 7 heteroatoms. The van der Waals surface area contributed by atoms with Crippen molar-refractivity contribution in [3.05, 3.63) is 53.6 Å². The van der Waals surface area contributed by atoms with E-state index in [-0.39, 0.29) is 12.2 Å². The second-order valence-corrected chi connectivity index (χ2v) is 7.91. The van der Waals surface area contributed by atoms with E-state index in [4.69, 9.17) is 18.9 Å². The van der Waals surface area contributed by atoms with Crippen LogP contribution in [-0.4, -0.2) is 53.2 Å². The first-order valence-electron chi connectivity index (χ1n) is 10.8. The SMILES string of the molecule is CN=C(NCCc1ccc(OC)cc1)NCC1(c2ccc3c(c2)OCO3)CCOCC1. The highest BCUT2D eigenvalue weighted by atomic mass is 16.7. The lowest BCUT2D eigenvalue weighted by atomic mass is 9.74. The van der Waals surface area contributed by atoms with Crippen molar-refractivity contribution < 1.29 is 18.9 Å². The van der Waals surface area contributed by atoms with Gasteiger partial charge in [-0.1, -0.05) is 18.2 Å². The highest BCUT2D eigenvalue weighted by molar-refractivity contribution is 5.79. The standard InChI is InChI=1S/C24H31N3O4/c1-25-23(26-12-9-18-3-6-20(28-2)7-4-18)27-16-24(10-13-29-14-11-24)19-5-8-21-22(15-19)31-17-30-21/h3-8,15H,9-14,16-17H2,1-2H3,(H2,25,26,27).